The fourth-order valence-electron chi connectivity index (χ4n) is 2.53. The van der Waals surface area contributed by atoms with Gasteiger partial charge in [0.1, 0.15) is 11.7 Å². The topological polar surface area (TPSA) is 103 Å². The van der Waals surface area contributed by atoms with E-state index in [4.69, 9.17) is 11.0 Å². The number of halogens is 1. The third kappa shape index (κ3) is 7.42. The molecule has 1 fully saturated rings. The molecule has 0 unspecified atom stereocenters. The number of hydrogen-bond donors (Lipinski definition) is 1. The van der Waals surface area contributed by atoms with Crippen molar-refractivity contribution in [1.29, 1.82) is 5.26 Å². The number of benzene rings is 1. The molecule has 2 heterocycles. The van der Waals surface area contributed by atoms with Gasteiger partial charge in [-0.2, -0.15) is 5.26 Å². The molecule has 0 amide bonds. The Morgan fingerprint density at radius 3 is 2.42 bits per heavy atom. The van der Waals surface area contributed by atoms with Gasteiger partial charge in [-0.15, -0.1) is 19.6 Å². The van der Waals surface area contributed by atoms with Gasteiger partial charge in [0, 0.05) is 39.3 Å². The van der Waals surface area contributed by atoms with Crippen LogP contribution in [0.5, 0.6) is 0 Å². The summed E-state index contributed by atoms with van der Waals surface area (Å²) in [6.45, 7) is 3.79. The Kier molecular flexibility index (Phi) is 11.1. The number of rotatable bonds is 1. The van der Waals surface area contributed by atoms with Crippen molar-refractivity contribution in [2.24, 2.45) is 15.7 Å². The first-order valence-corrected chi connectivity index (χ1v) is 8.16. The van der Waals surface area contributed by atoms with E-state index in [1.807, 2.05) is 0 Å². The number of hydrogen-bond acceptors (Lipinski definition) is 3. The fraction of sp³-hybridized carbons (Fsp3) is 0.389. The monoisotopic (exact) mass is 429 g/mol. The molecule has 1 aromatic rings. The van der Waals surface area contributed by atoms with E-state index in [1.54, 1.807) is 12.1 Å². The molecule has 0 spiro atoms. The molecule has 0 aromatic heterocycles. The molecule has 2 aliphatic rings. The molecule has 0 bridgehead atoms. The molecule has 1 radical (unpaired) electrons. The minimum atomic E-state index is -0.273. The van der Waals surface area contributed by atoms with Gasteiger partial charge in [-0.25, -0.2) is 9.38 Å². The van der Waals surface area contributed by atoms with Crippen LogP contribution in [0.4, 0.5) is 4.39 Å². The molecular formula is C18H21FN6Y-2. The number of nitrogens with two attached hydrogens (primary N) is 1. The molecule has 1 saturated heterocycles. The van der Waals surface area contributed by atoms with Gasteiger partial charge >= 0.3 is 0 Å². The van der Waals surface area contributed by atoms with E-state index in [0.29, 0.717) is 12.1 Å². The Labute approximate surface area is 178 Å². The minimum absolute atomic E-state index is 0. The van der Waals surface area contributed by atoms with Crippen LogP contribution in [0.1, 0.15) is 18.4 Å². The molecule has 2 aliphatic heterocycles. The van der Waals surface area contributed by atoms with Crippen molar-refractivity contribution in [2.75, 3.05) is 32.7 Å². The van der Waals surface area contributed by atoms with Gasteiger partial charge in [0.25, 0.3) is 0 Å². The van der Waals surface area contributed by atoms with Crippen LogP contribution >= 0.6 is 0 Å². The van der Waals surface area contributed by atoms with Gasteiger partial charge in [0.2, 0.25) is 0 Å². The number of piperidine rings is 1. The van der Waals surface area contributed by atoms with Gasteiger partial charge < -0.3 is 16.4 Å². The van der Waals surface area contributed by atoms with Crippen LogP contribution in [0, 0.1) is 17.1 Å². The molecule has 0 atom stereocenters. The van der Waals surface area contributed by atoms with Crippen molar-refractivity contribution < 1.29 is 37.1 Å². The Bertz CT molecular complexity index is 683. The summed E-state index contributed by atoms with van der Waals surface area (Å²) < 4.78 is 12.8. The first kappa shape index (κ1) is 22.6. The summed E-state index contributed by atoms with van der Waals surface area (Å²) in [7, 11) is 0. The Morgan fingerprint density at radius 2 is 1.88 bits per heavy atom. The largest absolute Gasteiger partial charge is 0.662 e. The van der Waals surface area contributed by atoms with Crippen molar-refractivity contribution in [3.8, 4) is 6.07 Å². The van der Waals surface area contributed by atoms with Crippen molar-refractivity contribution in [3.63, 3.8) is 0 Å². The van der Waals surface area contributed by atoms with Gasteiger partial charge in [-0.1, -0.05) is 24.3 Å². The third-order valence-corrected chi connectivity index (χ3v) is 3.77. The SMILES string of the molecule is N#CC(=C1CC[N-]CC1)c1ccc(F)cc1.NC=NC1=NCC[N-]C1.[Y]. The van der Waals surface area contributed by atoms with Gasteiger partial charge in [0.05, 0.1) is 18.0 Å². The van der Waals surface area contributed by atoms with E-state index in [0.717, 1.165) is 56.0 Å². The van der Waals surface area contributed by atoms with Gasteiger partial charge in [-0.3, -0.25) is 4.99 Å². The van der Waals surface area contributed by atoms with E-state index in [-0.39, 0.29) is 38.5 Å². The number of amidine groups is 1. The molecule has 135 valence electrons. The standard InChI is InChI=1S/C13H12FN2.C5H9N4.Y/c14-12-3-1-10(2-4-12)13(9-15)11-5-7-16-8-6-11;6-4-9-5-3-7-1-2-8-5;/h1-4H,5-8H2;4H,1-3H2,(H2,6,8,9);/q2*-1;. The zero-order valence-electron chi connectivity index (χ0n) is 14.6. The van der Waals surface area contributed by atoms with Crippen LogP contribution in [0.15, 0.2) is 39.8 Å². The quantitative estimate of drug-likeness (QED) is 0.421. The van der Waals surface area contributed by atoms with Crippen molar-refractivity contribution in [1.82, 2.24) is 0 Å². The molecule has 3 rings (SSSR count). The predicted octanol–water partition coefficient (Wildman–Crippen LogP) is 3.03. The van der Waals surface area contributed by atoms with E-state index in [2.05, 4.69) is 26.7 Å². The maximum absolute atomic E-state index is 12.8. The van der Waals surface area contributed by atoms with Crippen LogP contribution in [0.2, 0.25) is 0 Å². The van der Waals surface area contributed by atoms with Crippen molar-refractivity contribution >= 4 is 17.7 Å². The number of aliphatic imine (C=N–C) groups is 2. The molecule has 0 saturated carbocycles. The Balaban J connectivity index is 0.000000290. The number of nitriles is 1. The van der Waals surface area contributed by atoms with Crippen LogP contribution < -0.4 is 5.73 Å². The fourth-order valence-corrected chi connectivity index (χ4v) is 2.53. The van der Waals surface area contributed by atoms with Crippen LogP contribution in [0.25, 0.3) is 16.2 Å². The summed E-state index contributed by atoms with van der Waals surface area (Å²) in [5.74, 6) is 0.466. The van der Waals surface area contributed by atoms with E-state index < -0.39 is 0 Å². The zero-order valence-corrected chi connectivity index (χ0v) is 17.4. The average Bonchev–Trinajstić information content (AvgIpc) is 2.66. The van der Waals surface area contributed by atoms with E-state index in [9.17, 15) is 4.39 Å². The molecule has 2 N–H and O–H groups in total. The normalized spacial score (nSPS) is 16.6. The smallest absolute Gasteiger partial charge is 0.123 e. The summed E-state index contributed by atoms with van der Waals surface area (Å²) in [6, 6.07) is 8.32. The van der Waals surface area contributed by atoms with Gasteiger partial charge in [-0.05, 0) is 30.5 Å². The van der Waals surface area contributed by atoms with Crippen LogP contribution in [0.3, 0.4) is 0 Å². The first-order valence-electron chi connectivity index (χ1n) is 8.16. The summed E-state index contributed by atoms with van der Waals surface area (Å²) in [5, 5.41) is 17.5. The Morgan fingerprint density at radius 1 is 1.19 bits per heavy atom. The molecular weight excluding hydrogens is 408 g/mol. The van der Waals surface area contributed by atoms with E-state index >= 15 is 0 Å². The second-order valence-electron chi connectivity index (χ2n) is 5.45. The predicted molar refractivity (Wildman–Crippen MR) is 99.3 cm³/mol. The second-order valence-corrected chi connectivity index (χ2v) is 5.45. The second kappa shape index (κ2) is 12.8. The maximum Gasteiger partial charge on any atom is 0.123 e. The third-order valence-electron chi connectivity index (χ3n) is 3.77. The minimum Gasteiger partial charge on any atom is -0.662 e. The number of nitrogens with zero attached hydrogens (tertiary/aromatic N) is 5. The summed E-state index contributed by atoms with van der Waals surface area (Å²) >= 11 is 0. The summed E-state index contributed by atoms with van der Waals surface area (Å²) in [6.07, 6.45) is 2.94. The summed E-state index contributed by atoms with van der Waals surface area (Å²) in [4.78, 5) is 7.86. The van der Waals surface area contributed by atoms with Crippen molar-refractivity contribution in [3.05, 3.63) is 51.9 Å². The molecule has 1 aromatic carbocycles. The zero-order chi connectivity index (χ0) is 17.9. The summed E-state index contributed by atoms with van der Waals surface area (Å²) in [5.41, 5.74) is 7.68. The number of allylic oxidation sites excluding steroid dienone is 1. The van der Waals surface area contributed by atoms with Gasteiger partial charge in [0.15, 0.2) is 0 Å². The Hall–Kier alpha value is -1.46. The molecule has 0 aliphatic carbocycles. The van der Waals surface area contributed by atoms with Crippen LogP contribution in [-0.2, 0) is 32.7 Å². The molecule has 6 nitrogen and oxygen atoms in total. The first-order chi connectivity index (χ1) is 12.2. The maximum atomic E-state index is 12.8. The van der Waals surface area contributed by atoms with Crippen molar-refractivity contribution in [2.45, 2.75) is 12.8 Å². The average molecular weight is 429 g/mol. The van der Waals surface area contributed by atoms with Crippen LogP contribution in [-0.4, -0.2) is 44.9 Å². The molecule has 26 heavy (non-hydrogen) atoms. The molecule has 8 heteroatoms. The van der Waals surface area contributed by atoms with E-state index in [1.165, 1.54) is 18.5 Å².